The standard InChI is InChI=1S/C18H21NO4/c1-12(20)14-10-16-17(22-2)9-8-15(14)19(16)18(21)23-11-13-6-4-3-5-7-13/h3-9,14-17H,10-11H2,1-2H3/t14-,15-,16-,17-/m0/s1. The van der Waals surface area contributed by atoms with Gasteiger partial charge in [0.05, 0.1) is 18.2 Å². The van der Waals surface area contributed by atoms with Crippen LogP contribution in [0.5, 0.6) is 0 Å². The van der Waals surface area contributed by atoms with Crippen LogP contribution in [-0.4, -0.2) is 42.1 Å². The number of rotatable bonds is 4. The van der Waals surface area contributed by atoms with Gasteiger partial charge in [0.2, 0.25) is 0 Å². The van der Waals surface area contributed by atoms with Crippen LogP contribution < -0.4 is 0 Å². The summed E-state index contributed by atoms with van der Waals surface area (Å²) in [6, 6.07) is 9.18. The Morgan fingerprint density at radius 2 is 1.96 bits per heavy atom. The Kier molecular flexibility index (Phi) is 4.48. The number of ether oxygens (including phenoxy) is 2. The predicted molar refractivity (Wildman–Crippen MR) is 84.8 cm³/mol. The molecule has 1 fully saturated rings. The van der Waals surface area contributed by atoms with Gasteiger partial charge < -0.3 is 9.47 Å². The maximum absolute atomic E-state index is 12.6. The van der Waals surface area contributed by atoms with Crippen LogP contribution in [0.3, 0.4) is 0 Å². The SMILES string of the molecule is CO[C@H]1C=C[C@H]2[C@H](C(C)=O)C[C@@H]1N2C(=O)OCc1ccccc1. The summed E-state index contributed by atoms with van der Waals surface area (Å²) in [4.78, 5) is 26.1. The molecule has 2 bridgehead atoms. The maximum atomic E-state index is 12.6. The van der Waals surface area contributed by atoms with Crippen LogP contribution in [0.2, 0.25) is 0 Å². The molecule has 0 unspecified atom stereocenters. The predicted octanol–water partition coefficient (Wildman–Crippen LogP) is 2.56. The lowest BCUT2D eigenvalue weighted by Gasteiger charge is -2.35. The summed E-state index contributed by atoms with van der Waals surface area (Å²) in [7, 11) is 1.61. The molecule has 1 saturated heterocycles. The lowest BCUT2D eigenvalue weighted by atomic mass is 9.96. The van der Waals surface area contributed by atoms with Crippen molar-refractivity contribution in [3.05, 3.63) is 48.0 Å². The molecule has 2 aliphatic heterocycles. The number of benzene rings is 1. The van der Waals surface area contributed by atoms with Crippen LogP contribution in [0.4, 0.5) is 4.79 Å². The van der Waals surface area contributed by atoms with Gasteiger partial charge in [-0.25, -0.2) is 4.79 Å². The van der Waals surface area contributed by atoms with E-state index in [0.717, 1.165) is 5.56 Å². The van der Waals surface area contributed by atoms with Crippen molar-refractivity contribution >= 4 is 11.9 Å². The Morgan fingerprint density at radius 1 is 1.22 bits per heavy atom. The minimum Gasteiger partial charge on any atom is -0.445 e. The third-order valence-corrected chi connectivity index (χ3v) is 4.67. The molecular formula is C18H21NO4. The molecule has 0 saturated carbocycles. The van der Waals surface area contributed by atoms with Gasteiger partial charge in [-0.1, -0.05) is 42.5 Å². The molecule has 2 heterocycles. The van der Waals surface area contributed by atoms with Gasteiger partial charge in [-0.2, -0.15) is 0 Å². The summed E-state index contributed by atoms with van der Waals surface area (Å²) in [5, 5.41) is 0. The summed E-state index contributed by atoms with van der Waals surface area (Å²) >= 11 is 0. The van der Waals surface area contributed by atoms with Gasteiger partial charge in [0, 0.05) is 13.0 Å². The van der Waals surface area contributed by atoms with E-state index in [1.54, 1.807) is 18.9 Å². The maximum Gasteiger partial charge on any atom is 0.410 e. The second-order valence-electron chi connectivity index (χ2n) is 6.04. The summed E-state index contributed by atoms with van der Waals surface area (Å²) in [5.74, 6) is -0.0829. The molecule has 3 rings (SSSR count). The van der Waals surface area contributed by atoms with Gasteiger partial charge >= 0.3 is 6.09 Å². The van der Waals surface area contributed by atoms with E-state index >= 15 is 0 Å². The van der Waals surface area contributed by atoms with Crippen LogP contribution in [0.1, 0.15) is 18.9 Å². The van der Waals surface area contributed by atoms with E-state index in [2.05, 4.69) is 0 Å². The van der Waals surface area contributed by atoms with Crippen molar-refractivity contribution in [2.45, 2.75) is 38.1 Å². The molecule has 5 heteroatoms. The fourth-order valence-electron chi connectivity index (χ4n) is 3.49. The third kappa shape index (κ3) is 3.01. The first kappa shape index (κ1) is 15.7. The minimum absolute atomic E-state index is 0.0970. The summed E-state index contributed by atoms with van der Waals surface area (Å²) in [6.07, 6.45) is 3.87. The molecule has 4 atom stereocenters. The van der Waals surface area contributed by atoms with E-state index in [9.17, 15) is 9.59 Å². The highest BCUT2D eigenvalue weighted by Gasteiger charge is 2.50. The fraction of sp³-hybridized carbons (Fsp3) is 0.444. The topological polar surface area (TPSA) is 55.8 Å². The van der Waals surface area contributed by atoms with E-state index in [4.69, 9.17) is 9.47 Å². The molecule has 0 aromatic heterocycles. The summed E-state index contributed by atoms with van der Waals surface area (Å²) in [6.45, 7) is 1.80. The second kappa shape index (κ2) is 6.54. The first-order valence-electron chi connectivity index (χ1n) is 7.82. The molecule has 0 spiro atoms. The number of amides is 1. The molecule has 1 amide bonds. The van der Waals surface area contributed by atoms with E-state index in [-0.39, 0.29) is 42.6 Å². The van der Waals surface area contributed by atoms with Crippen LogP contribution in [0.15, 0.2) is 42.5 Å². The van der Waals surface area contributed by atoms with E-state index in [0.29, 0.717) is 6.42 Å². The number of ketones is 1. The Morgan fingerprint density at radius 3 is 2.61 bits per heavy atom. The number of carbonyl (C=O) groups is 2. The Bertz CT molecular complexity index is 613. The zero-order chi connectivity index (χ0) is 16.4. The first-order valence-corrected chi connectivity index (χ1v) is 7.82. The molecule has 1 aromatic carbocycles. The van der Waals surface area contributed by atoms with E-state index < -0.39 is 0 Å². The highest BCUT2D eigenvalue weighted by Crippen LogP contribution is 2.38. The summed E-state index contributed by atoms with van der Waals surface area (Å²) in [5.41, 5.74) is 0.937. The fourth-order valence-corrected chi connectivity index (χ4v) is 3.49. The number of hydrogen-bond donors (Lipinski definition) is 0. The molecule has 0 N–H and O–H groups in total. The zero-order valence-electron chi connectivity index (χ0n) is 13.3. The van der Waals surface area contributed by atoms with Gasteiger partial charge in [0.15, 0.2) is 0 Å². The van der Waals surface area contributed by atoms with Crippen LogP contribution in [0, 0.1) is 5.92 Å². The van der Waals surface area contributed by atoms with Crippen molar-refractivity contribution in [2.24, 2.45) is 5.92 Å². The van der Waals surface area contributed by atoms with Crippen molar-refractivity contribution < 1.29 is 19.1 Å². The zero-order valence-corrected chi connectivity index (χ0v) is 13.3. The number of methoxy groups -OCH3 is 1. The molecule has 0 aliphatic carbocycles. The third-order valence-electron chi connectivity index (χ3n) is 4.67. The molecule has 122 valence electrons. The Balaban J connectivity index is 1.74. The van der Waals surface area contributed by atoms with Gasteiger partial charge in [-0.15, -0.1) is 0 Å². The Hall–Kier alpha value is -2.14. The van der Waals surface area contributed by atoms with Crippen molar-refractivity contribution in [1.29, 1.82) is 0 Å². The number of fused-ring (bicyclic) bond motifs is 2. The van der Waals surface area contributed by atoms with E-state index in [1.807, 2.05) is 42.5 Å². The number of hydrogen-bond acceptors (Lipinski definition) is 4. The quantitative estimate of drug-likeness (QED) is 0.801. The molecule has 5 nitrogen and oxygen atoms in total. The largest absolute Gasteiger partial charge is 0.445 e. The van der Waals surface area contributed by atoms with Crippen molar-refractivity contribution in [3.63, 3.8) is 0 Å². The summed E-state index contributed by atoms with van der Waals surface area (Å²) < 4.78 is 10.9. The highest BCUT2D eigenvalue weighted by atomic mass is 16.6. The average molecular weight is 315 g/mol. The molecule has 1 aromatic rings. The molecular weight excluding hydrogens is 294 g/mol. The van der Waals surface area contributed by atoms with Gasteiger partial charge in [0.25, 0.3) is 0 Å². The number of nitrogens with zero attached hydrogens (tertiary/aromatic N) is 1. The van der Waals surface area contributed by atoms with Gasteiger partial charge in [-0.3, -0.25) is 9.69 Å². The first-order chi connectivity index (χ1) is 11.1. The van der Waals surface area contributed by atoms with E-state index in [1.165, 1.54) is 0 Å². The monoisotopic (exact) mass is 315 g/mol. The minimum atomic E-state index is -0.390. The molecule has 2 aliphatic rings. The van der Waals surface area contributed by atoms with Crippen molar-refractivity contribution in [3.8, 4) is 0 Å². The second-order valence-corrected chi connectivity index (χ2v) is 6.04. The molecule has 23 heavy (non-hydrogen) atoms. The van der Waals surface area contributed by atoms with Crippen LogP contribution in [-0.2, 0) is 20.9 Å². The van der Waals surface area contributed by atoms with Crippen molar-refractivity contribution in [2.75, 3.05) is 7.11 Å². The van der Waals surface area contributed by atoms with Crippen molar-refractivity contribution in [1.82, 2.24) is 4.90 Å². The Labute approximate surface area is 135 Å². The van der Waals surface area contributed by atoms with Crippen LogP contribution >= 0.6 is 0 Å². The smallest absolute Gasteiger partial charge is 0.410 e. The lowest BCUT2D eigenvalue weighted by Crippen LogP contribution is -2.49. The van der Waals surface area contributed by atoms with Crippen LogP contribution in [0.25, 0.3) is 0 Å². The highest BCUT2D eigenvalue weighted by molar-refractivity contribution is 5.82. The van der Waals surface area contributed by atoms with Gasteiger partial charge in [0.1, 0.15) is 12.4 Å². The average Bonchev–Trinajstić information content (AvgIpc) is 2.84. The normalized spacial score (nSPS) is 28.7. The molecule has 0 radical (unpaired) electrons. The lowest BCUT2D eigenvalue weighted by molar-refractivity contribution is -0.120. The van der Waals surface area contributed by atoms with Gasteiger partial charge in [-0.05, 0) is 18.9 Å². The number of carbonyl (C=O) groups excluding carboxylic acids is 2. The number of Topliss-reactive ketones (excluding diaryl/α,β-unsaturated/α-hetero) is 1.